The first-order chi connectivity index (χ1) is 13.2. The van der Waals surface area contributed by atoms with E-state index in [1.807, 2.05) is 30.3 Å². The summed E-state index contributed by atoms with van der Waals surface area (Å²) in [5.41, 5.74) is 3.13. The van der Waals surface area contributed by atoms with Gasteiger partial charge in [0, 0.05) is 24.7 Å². The minimum atomic E-state index is -0.238. The molecule has 0 bridgehead atoms. The van der Waals surface area contributed by atoms with Crippen LogP contribution in [-0.4, -0.2) is 29.5 Å². The Morgan fingerprint density at radius 1 is 1.19 bits per heavy atom. The van der Waals surface area contributed by atoms with Crippen molar-refractivity contribution in [2.45, 2.75) is 19.5 Å². The van der Waals surface area contributed by atoms with E-state index in [0.717, 1.165) is 42.1 Å². The number of anilines is 1. The highest BCUT2D eigenvalue weighted by atomic mass is 16.4. The summed E-state index contributed by atoms with van der Waals surface area (Å²) in [7, 11) is 1.58. The fourth-order valence-electron chi connectivity index (χ4n) is 3.11. The lowest BCUT2D eigenvalue weighted by atomic mass is 10.1. The molecule has 1 aliphatic heterocycles. The van der Waals surface area contributed by atoms with Crippen molar-refractivity contribution in [3.05, 3.63) is 65.2 Å². The fourth-order valence-corrected chi connectivity index (χ4v) is 3.11. The van der Waals surface area contributed by atoms with Crippen LogP contribution in [0.25, 0.3) is 11.4 Å². The molecule has 1 aromatic carbocycles. The van der Waals surface area contributed by atoms with Crippen LogP contribution in [0.5, 0.6) is 0 Å². The predicted octanol–water partition coefficient (Wildman–Crippen LogP) is 2.35. The number of carbonyl (C=O) groups excluding carboxylic acids is 1. The Labute approximate surface area is 157 Å². The molecule has 0 spiro atoms. The quantitative estimate of drug-likeness (QED) is 0.644. The van der Waals surface area contributed by atoms with E-state index >= 15 is 0 Å². The van der Waals surface area contributed by atoms with Crippen LogP contribution in [0.15, 0.2) is 46.9 Å². The third-order valence-electron chi connectivity index (χ3n) is 4.51. The van der Waals surface area contributed by atoms with Gasteiger partial charge in [-0.1, -0.05) is 30.3 Å². The summed E-state index contributed by atoms with van der Waals surface area (Å²) in [4.78, 5) is 21.1. The second kappa shape index (κ2) is 7.59. The van der Waals surface area contributed by atoms with Crippen molar-refractivity contribution in [1.82, 2.24) is 20.6 Å². The third-order valence-corrected chi connectivity index (χ3v) is 4.51. The maximum atomic E-state index is 11.6. The number of aromatic nitrogens is 2. The van der Waals surface area contributed by atoms with E-state index in [1.165, 1.54) is 0 Å². The van der Waals surface area contributed by atoms with E-state index in [9.17, 15) is 4.79 Å². The SMILES string of the molecule is CNC(=O)c1ccc(CNc2nc(-c3ccccc3)nc3c2CCNC3)o1. The topological polar surface area (TPSA) is 92.1 Å². The van der Waals surface area contributed by atoms with Crippen molar-refractivity contribution in [2.75, 3.05) is 18.9 Å². The van der Waals surface area contributed by atoms with Crippen LogP contribution in [0.3, 0.4) is 0 Å². The zero-order valence-corrected chi connectivity index (χ0v) is 15.1. The van der Waals surface area contributed by atoms with E-state index in [1.54, 1.807) is 19.2 Å². The van der Waals surface area contributed by atoms with Gasteiger partial charge in [0.1, 0.15) is 11.6 Å². The minimum Gasteiger partial charge on any atom is -0.454 e. The molecule has 2 aromatic heterocycles. The Morgan fingerprint density at radius 2 is 2.04 bits per heavy atom. The molecule has 0 saturated carbocycles. The monoisotopic (exact) mass is 363 g/mol. The number of rotatable bonds is 5. The summed E-state index contributed by atoms with van der Waals surface area (Å²) in [5.74, 6) is 2.26. The van der Waals surface area contributed by atoms with E-state index < -0.39 is 0 Å². The van der Waals surface area contributed by atoms with Gasteiger partial charge >= 0.3 is 0 Å². The molecular weight excluding hydrogens is 342 g/mol. The number of nitrogens with zero attached hydrogens (tertiary/aromatic N) is 2. The average Bonchev–Trinajstić information content (AvgIpc) is 3.21. The average molecular weight is 363 g/mol. The van der Waals surface area contributed by atoms with Crippen LogP contribution in [0.4, 0.5) is 5.82 Å². The molecule has 0 aliphatic carbocycles. The summed E-state index contributed by atoms with van der Waals surface area (Å²) < 4.78 is 5.59. The summed E-state index contributed by atoms with van der Waals surface area (Å²) in [6.07, 6.45) is 0.869. The number of furan rings is 1. The van der Waals surface area contributed by atoms with Gasteiger partial charge in [-0.3, -0.25) is 4.79 Å². The van der Waals surface area contributed by atoms with Gasteiger partial charge < -0.3 is 20.4 Å². The van der Waals surface area contributed by atoms with Crippen LogP contribution in [-0.2, 0) is 19.5 Å². The highest BCUT2D eigenvalue weighted by Gasteiger charge is 2.18. The van der Waals surface area contributed by atoms with Crippen molar-refractivity contribution in [3.63, 3.8) is 0 Å². The first-order valence-electron chi connectivity index (χ1n) is 8.95. The van der Waals surface area contributed by atoms with Crippen LogP contribution >= 0.6 is 0 Å². The molecule has 1 amide bonds. The number of hydrogen-bond acceptors (Lipinski definition) is 6. The van der Waals surface area contributed by atoms with Gasteiger partial charge in [-0.05, 0) is 25.1 Å². The van der Waals surface area contributed by atoms with E-state index in [4.69, 9.17) is 14.4 Å². The van der Waals surface area contributed by atoms with Gasteiger partial charge in [0.25, 0.3) is 5.91 Å². The van der Waals surface area contributed by atoms with Crippen LogP contribution in [0.2, 0.25) is 0 Å². The maximum absolute atomic E-state index is 11.6. The lowest BCUT2D eigenvalue weighted by Crippen LogP contribution is -2.26. The molecule has 0 saturated heterocycles. The first-order valence-corrected chi connectivity index (χ1v) is 8.95. The van der Waals surface area contributed by atoms with Crippen molar-refractivity contribution >= 4 is 11.7 Å². The van der Waals surface area contributed by atoms with Crippen molar-refractivity contribution in [2.24, 2.45) is 0 Å². The normalized spacial score (nSPS) is 13.1. The third kappa shape index (κ3) is 3.68. The summed E-state index contributed by atoms with van der Waals surface area (Å²) >= 11 is 0. The zero-order valence-electron chi connectivity index (χ0n) is 15.1. The number of benzene rings is 1. The van der Waals surface area contributed by atoms with Crippen molar-refractivity contribution < 1.29 is 9.21 Å². The van der Waals surface area contributed by atoms with Gasteiger partial charge in [-0.25, -0.2) is 9.97 Å². The lowest BCUT2D eigenvalue weighted by Gasteiger charge is -2.20. The van der Waals surface area contributed by atoms with Gasteiger partial charge in [0.05, 0.1) is 12.2 Å². The number of hydrogen-bond donors (Lipinski definition) is 3. The van der Waals surface area contributed by atoms with Gasteiger partial charge in [-0.15, -0.1) is 0 Å². The van der Waals surface area contributed by atoms with Crippen LogP contribution in [0, 0.1) is 0 Å². The summed E-state index contributed by atoms with van der Waals surface area (Å²) in [6, 6.07) is 13.4. The Balaban J connectivity index is 1.61. The molecule has 7 heteroatoms. The molecule has 0 fully saturated rings. The molecule has 4 rings (SSSR count). The first kappa shape index (κ1) is 17.2. The molecule has 0 atom stereocenters. The van der Waals surface area contributed by atoms with E-state index in [2.05, 4.69) is 16.0 Å². The predicted molar refractivity (Wildman–Crippen MR) is 102 cm³/mol. The molecule has 3 heterocycles. The Hall–Kier alpha value is -3.19. The van der Waals surface area contributed by atoms with Crippen molar-refractivity contribution in [3.8, 4) is 11.4 Å². The van der Waals surface area contributed by atoms with Gasteiger partial charge in [0.2, 0.25) is 0 Å². The highest BCUT2D eigenvalue weighted by molar-refractivity contribution is 5.91. The van der Waals surface area contributed by atoms with E-state index in [-0.39, 0.29) is 5.91 Å². The Bertz CT molecular complexity index is 952. The van der Waals surface area contributed by atoms with Gasteiger partial charge in [-0.2, -0.15) is 0 Å². The lowest BCUT2D eigenvalue weighted by molar-refractivity contribution is 0.0934. The molecular formula is C20H21N5O2. The fraction of sp³-hybridized carbons (Fsp3) is 0.250. The Kier molecular flexibility index (Phi) is 4.84. The number of nitrogens with one attached hydrogen (secondary N) is 3. The molecule has 138 valence electrons. The van der Waals surface area contributed by atoms with Crippen LogP contribution in [0.1, 0.15) is 27.6 Å². The molecule has 27 heavy (non-hydrogen) atoms. The zero-order chi connectivity index (χ0) is 18.6. The summed E-state index contributed by atoms with van der Waals surface area (Å²) in [5, 5.41) is 9.28. The molecule has 0 unspecified atom stereocenters. The van der Waals surface area contributed by atoms with E-state index in [0.29, 0.717) is 23.9 Å². The van der Waals surface area contributed by atoms with Crippen LogP contribution < -0.4 is 16.0 Å². The number of carbonyl (C=O) groups is 1. The molecule has 7 nitrogen and oxygen atoms in total. The summed E-state index contributed by atoms with van der Waals surface area (Å²) in [6.45, 7) is 2.08. The van der Waals surface area contributed by atoms with Gasteiger partial charge in [0.15, 0.2) is 11.6 Å². The largest absolute Gasteiger partial charge is 0.454 e. The molecule has 0 radical (unpaired) electrons. The molecule has 3 aromatic rings. The smallest absolute Gasteiger partial charge is 0.286 e. The number of fused-ring (bicyclic) bond motifs is 1. The second-order valence-corrected chi connectivity index (χ2v) is 6.31. The molecule has 1 aliphatic rings. The minimum absolute atomic E-state index is 0.238. The Morgan fingerprint density at radius 3 is 2.85 bits per heavy atom. The second-order valence-electron chi connectivity index (χ2n) is 6.31. The number of amides is 1. The standard InChI is InChI=1S/C20H21N5O2/c1-21-20(26)17-8-7-14(27-17)11-23-19-15-9-10-22-12-16(15)24-18(25-19)13-5-3-2-4-6-13/h2-8,22H,9-12H2,1H3,(H,21,26)(H,23,24,25). The van der Waals surface area contributed by atoms with Crippen molar-refractivity contribution in [1.29, 1.82) is 0 Å². The maximum Gasteiger partial charge on any atom is 0.286 e. The molecule has 3 N–H and O–H groups in total. The highest BCUT2D eigenvalue weighted by Crippen LogP contribution is 2.25.